The van der Waals surface area contributed by atoms with Crippen LogP contribution in [0.1, 0.15) is 58.8 Å². The number of hydrogen-bond acceptors (Lipinski definition) is 0. The Morgan fingerprint density at radius 1 is 1.15 bits per heavy atom. The number of halogens is 1. The zero-order chi connectivity index (χ0) is 9.68. The average molecular weight is 247 g/mol. The number of rotatable bonds is 5. The highest BCUT2D eigenvalue weighted by molar-refractivity contribution is 9.09. The minimum absolute atomic E-state index is 0.809. The molecule has 0 amide bonds. The van der Waals surface area contributed by atoms with Gasteiger partial charge >= 0.3 is 0 Å². The second-order valence-electron chi connectivity index (χ2n) is 4.56. The lowest BCUT2D eigenvalue weighted by atomic mass is 9.92. The van der Waals surface area contributed by atoms with Crippen LogP contribution in [0, 0.1) is 11.8 Å². The molecule has 0 bridgehead atoms. The molecule has 3 unspecified atom stereocenters. The van der Waals surface area contributed by atoms with E-state index < -0.39 is 0 Å². The van der Waals surface area contributed by atoms with Gasteiger partial charge in [0.05, 0.1) is 0 Å². The van der Waals surface area contributed by atoms with Crippen LogP contribution >= 0.6 is 15.9 Å². The summed E-state index contributed by atoms with van der Waals surface area (Å²) in [7, 11) is 0. The molecule has 1 saturated carbocycles. The van der Waals surface area contributed by atoms with Crippen molar-refractivity contribution in [1.29, 1.82) is 0 Å². The molecule has 1 aliphatic rings. The number of hydrogen-bond donors (Lipinski definition) is 0. The van der Waals surface area contributed by atoms with Crippen molar-refractivity contribution < 1.29 is 0 Å². The van der Waals surface area contributed by atoms with Crippen LogP contribution in [-0.2, 0) is 0 Å². The van der Waals surface area contributed by atoms with Gasteiger partial charge in [0.2, 0.25) is 0 Å². The fourth-order valence-corrected chi connectivity index (χ4v) is 3.13. The third kappa shape index (κ3) is 3.61. The first-order valence-electron chi connectivity index (χ1n) is 5.89. The number of unbranched alkanes of at least 4 members (excludes halogenated alkanes) is 3. The Balaban J connectivity index is 2.08. The van der Waals surface area contributed by atoms with E-state index in [1.54, 1.807) is 0 Å². The summed E-state index contributed by atoms with van der Waals surface area (Å²) in [4.78, 5) is 0.809. The van der Waals surface area contributed by atoms with Gasteiger partial charge < -0.3 is 0 Å². The maximum atomic E-state index is 3.77. The Labute approximate surface area is 91.6 Å². The third-order valence-electron chi connectivity index (χ3n) is 3.56. The van der Waals surface area contributed by atoms with E-state index in [9.17, 15) is 0 Å². The van der Waals surface area contributed by atoms with Crippen LogP contribution in [0.5, 0.6) is 0 Å². The highest BCUT2D eigenvalue weighted by Crippen LogP contribution is 2.39. The standard InChI is InChI=1S/C12H23Br/c1-3-4-5-6-7-11-8-9-12(13)10(11)2/h10-12H,3-9H2,1-2H3. The Morgan fingerprint density at radius 3 is 2.46 bits per heavy atom. The summed E-state index contributed by atoms with van der Waals surface area (Å²) in [6, 6.07) is 0. The fraction of sp³-hybridized carbons (Fsp3) is 1.00. The van der Waals surface area contributed by atoms with Crippen LogP contribution in [-0.4, -0.2) is 4.83 Å². The summed E-state index contributed by atoms with van der Waals surface area (Å²) in [6.45, 7) is 4.70. The molecular weight excluding hydrogens is 224 g/mol. The zero-order valence-electron chi connectivity index (χ0n) is 9.06. The molecule has 78 valence electrons. The van der Waals surface area contributed by atoms with E-state index in [1.165, 1.54) is 44.9 Å². The summed E-state index contributed by atoms with van der Waals surface area (Å²) in [5.41, 5.74) is 0. The molecule has 0 aliphatic heterocycles. The Hall–Kier alpha value is 0.480. The first-order valence-corrected chi connectivity index (χ1v) is 6.81. The van der Waals surface area contributed by atoms with Crippen molar-refractivity contribution in [3.63, 3.8) is 0 Å². The van der Waals surface area contributed by atoms with Crippen LogP contribution in [0.3, 0.4) is 0 Å². The molecule has 0 aromatic carbocycles. The molecule has 0 nitrogen and oxygen atoms in total. The van der Waals surface area contributed by atoms with Crippen molar-refractivity contribution in [3.8, 4) is 0 Å². The fourth-order valence-electron chi connectivity index (χ4n) is 2.43. The van der Waals surface area contributed by atoms with E-state index in [0.29, 0.717) is 0 Å². The van der Waals surface area contributed by atoms with E-state index in [-0.39, 0.29) is 0 Å². The van der Waals surface area contributed by atoms with Gasteiger partial charge in [-0.25, -0.2) is 0 Å². The summed E-state index contributed by atoms with van der Waals surface area (Å²) in [6.07, 6.45) is 10.0. The summed E-state index contributed by atoms with van der Waals surface area (Å²) in [5.74, 6) is 1.93. The third-order valence-corrected chi connectivity index (χ3v) is 4.85. The van der Waals surface area contributed by atoms with Gasteiger partial charge in [0.25, 0.3) is 0 Å². The van der Waals surface area contributed by atoms with E-state index in [1.807, 2.05) is 0 Å². The zero-order valence-corrected chi connectivity index (χ0v) is 10.6. The lowest BCUT2D eigenvalue weighted by Crippen LogP contribution is -2.10. The Kier molecular flexibility index (Phi) is 5.38. The quantitative estimate of drug-likeness (QED) is 0.485. The van der Waals surface area contributed by atoms with E-state index >= 15 is 0 Å². The van der Waals surface area contributed by atoms with E-state index in [0.717, 1.165) is 16.7 Å². The smallest absolute Gasteiger partial charge is 0.0174 e. The lowest BCUT2D eigenvalue weighted by Gasteiger charge is -2.16. The van der Waals surface area contributed by atoms with Crippen molar-refractivity contribution in [3.05, 3.63) is 0 Å². The monoisotopic (exact) mass is 246 g/mol. The van der Waals surface area contributed by atoms with Gasteiger partial charge in [-0.15, -0.1) is 0 Å². The van der Waals surface area contributed by atoms with Gasteiger partial charge in [0.1, 0.15) is 0 Å². The van der Waals surface area contributed by atoms with Crippen molar-refractivity contribution in [2.24, 2.45) is 11.8 Å². The first-order chi connectivity index (χ1) is 6.25. The molecule has 0 aromatic rings. The van der Waals surface area contributed by atoms with Crippen molar-refractivity contribution in [2.75, 3.05) is 0 Å². The van der Waals surface area contributed by atoms with Gasteiger partial charge in [0, 0.05) is 4.83 Å². The maximum absolute atomic E-state index is 3.77. The predicted octanol–water partition coefficient (Wildman–Crippen LogP) is 4.77. The largest absolute Gasteiger partial charge is 0.0888 e. The molecule has 0 saturated heterocycles. The van der Waals surface area contributed by atoms with Gasteiger partial charge in [-0.2, -0.15) is 0 Å². The van der Waals surface area contributed by atoms with Gasteiger partial charge in [0.15, 0.2) is 0 Å². The molecular formula is C12H23Br. The summed E-state index contributed by atoms with van der Waals surface area (Å²) < 4.78 is 0. The second kappa shape index (κ2) is 6.06. The molecule has 0 spiro atoms. The van der Waals surface area contributed by atoms with Crippen LogP contribution in [0.25, 0.3) is 0 Å². The number of alkyl halides is 1. The molecule has 3 atom stereocenters. The SMILES string of the molecule is CCCCCCC1CCC(Br)C1C. The van der Waals surface area contributed by atoms with Crippen LogP contribution in [0.15, 0.2) is 0 Å². The summed E-state index contributed by atoms with van der Waals surface area (Å²) in [5, 5.41) is 0. The molecule has 1 rings (SSSR count). The van der Waals surface area contributed by atoms with E-state index in [2.05, 4.69) is 29.8 Å². The van der Waals surface area contributed by atoms with Crippen molar-refractivity contribution >= 4 is 15.9 Å². The average Bonchev–Trinajstić information content (AvgIpc) is 2.43. The summed E-state index contributed by atoms with van der Waals surface area (Å²) >= 11 is 3.77. The minimum Gasteiger partial charge on any atom is -0.0888 e. The van der Waals surface area contributed by atoms with E-state index in [4.69, 9.17) is 0 Å². The molecule has 1 heteroatoms. The maximum Gasteiger partial charge on any atom is 0.0174 e. The minimum atomic E-state index is 0.809. The van der Waals surface area contributed by atoms with Crippen molar-refractivity contribution in [1.82, 2.24) is 0 Å². The molecule has 1 fully saturated rings. The topological polar surface area (TPSA) is 0 Å². The molecule has 0 heterocycles. The van der Waals surface area contributed by atoms with Gasteiger partial charge in [-0.3, -0.25) is 0 Å². The Bertz CT molecular complexity index is 133. The van der Waals surface area contributed by atoms with Gasteiger partial charge in [-0.05, 0) is 24.7 Å². The van der Waals surface area contributed by atoms with Gasteiger partial charge in [-0.1, -0.05) is 61.9 Å². The van der Waals surface area contributed by atoms with Crippen LogP contribution in [0.2, 0.25) is 0 Å². The highest BCUT2D eigenvalue weighted by atomic mass is 79.9. The lowest BCUT2D eigenvalue weighted by molar-refractivity contribution is 0.379. The highest BCUT2D eigenvalue weighted by Gasteiger charge is 2.29. The second-order valence-corrected chi connectivity index (χ2v) is 5.74. The Morgan fingerprint density at radius 2 is 1.92 bits per heavy atom. The van der Waals surface area contributed by atoms with Crippen molar-refractivity contribution in [2.45, 2.75) is 63.6 Å². The predicted molar refractivity (Wildman–Crippen MR) is 63.4 cm³/mol. The normalized spacial score (nSPS) is 33.9. The molecule has 0 N–H and O–H groups in total. The molecule has 13 heavy (non-hydrogen) atoms. The molecule has 0 aromatic heterocycles. The van der Waals surface area contributed by atoms with Crippen LogP contribution < -0.4 is 0 Å². The first kappa shape index (κ1) is 11.6. The molecule has 0 radical (unpaired) electrons. The molecule has 1 aliphatic carbocycles. The van der Waals surface area contributed by atoms with Crippen LogP contribution in [0.4, 0.5) is 0 Å².